The third-order valence-corrected chi connectivity index (χ3v) is 7.34. The van der Waals surface area contributed by atoms with E-state index < -0.39 is 41.9 Å². The van der Waals surface area contributed by atoms with E-state index >= 15 is 0 Å². The van der Waals surface area contributed by atoms with Crippen molar-refractivity contribution >= 4 is 62.6 Å². The minimum atomic E-state index is -0.712. The molecule has 2 aromatic rings. The lowest BCUT2D eigenvalue weighted by Crippen LogP contribution is -2.52. The van der Waals surface area contributed by atoms with Gasteiger partial charge in [0.15, 0.2) is 5.78 Å². The summed E-state index contributed by atoms with van der Waals surface area (Å²) in [7, 11) is 0. The van der Waals surface area contributed by atoms with Crippen LogP contribution in [0.3, 0.4) is 0 Å². The second-order valence-corrected chi connectivity index (χ2v) is 10.3. The summed E-state index contributed by atoms with van der Waals surface area (Å²) in [5, 5.41) is 2.21. The fourth-order valence-electron chi connectivity index (χ4n) is 4.51. The number of imide groups is 1. The van der Waals surface area contributed by atoms with Gasteiger partial charge in [0, 0.05) is 15.1 Å². The first-order valence-electron chi connectivity index (χ1n) is 10.6. The van der Waals surface area contributed by atoms with Crippen LogP contribution in [0.4, 0.5) is 0 Å². The fourth-order valence-corrected chi connectivity index (χ4v) is 5.26. The van der Waals surface area contributed by atoms with Gasteiger partial charge in [0.2, 0.25) is 0 Å². The Balaban J connectivity index is 1.71. The van der Waals surface area contributed by atoms with Crippen LogP contribution in [0, 0.1) is 17.8 Å². The summed E-state index contributed by atoms with van der Waals surface area (Å²) in [6.07, 6.45) is 2.00. The molecule has 1 heterocycles. The smallest absolute Gasteiger partial charge is 0.274 e. The van der Waals surface area contributed by atoms with Gasteiger partial charge in [0.25, 0.3) is 17.7 Å². The number of ketones is 1. The maximum absolute atomic E-state index is 13.5. The van der Waals surface area contributed by atoms with Crippen LogP contribution in [0.1, 0.15) is 46.9 Å². The number of amides is 3. The molecule has 0 aromatic heterocycles. The largest absolute Gasteiger partial charge is 0.292 e. The van der Waals surface area contributed by atoms with Gasteiger partial charge in [-0.15, -0.1) is 0 Å². The average Bonchev–Trinajstić information content (AvgIpc) is 3.01. The minimum absolute atomic E-state index is 0.0495. The number of rotatable bonds is 5. The molecule has 1 saturated carbocycles. The number of nitrogens with zero attached hydrogens (tertiary/aromatic N) is 2. The highest BCUT2D eigenvalue weighted by Gasteiger charge is 2.53. The van der Waals surface area contributed by atoms with E-state index in [-0.39, 0.29) is 10.6 Å². The molecule has 0 N–H and O–H groups in total. The SMILES string of the molecule is C[C@@H]1CC[C@H]2C(=O)N(N(CC(=O)c3ccc(Br)cc3)C(=O)c3ccc(Cl)cc3Cl)C(=O)[C@@H]2C1. The predicted octanol–water partition coefficient (Wildman–Crippen LogP) is 5.42. The summed E-state index contributed by atoms with van der Waals surface area (Å²) in [5.41, 5.74) is 0.400. The molecule has 33 heavy (non-hydrogen) atoms. The van der Waals surface area contributed by atoms with Crippen LogP contribution in [-0.4, -0.2) is 40.1 Å². The summed E-state index contributed by atoms with van der Waals surface area (Å²) in [6.45, 7) is 1.57. The molecule has 1 saturated heterocycles. The van der Waals surface area contributed by atoms with Crippen molar-refractivity contribution in [3.05, 3.63) is 68.1 Å². The van der Waals surface area contributed by atoms with Gasteiger partial charge in [-0.25, -0.2) is 5.01 Å². The summed E-state index contributed by atoms with van der Waals surface area (Å²) >= 11 is 15.5. The number of hydrazine groups is 1. The molecule has 0 unspecified atom stereocenters. The predicted molar refractivity (Wildman–Crippen MR) is 128 cm³/mol. The van der Waals surface area contributed by atoms with Crippen LogP contribution >= 0.6 is 39.1 Å². The van der Waals surface area contributed by atoms with Crippen molar-refractivity contribution in [2.45, 2.75) is 26.2 Å². The zero-order valence-corrected chi connectivity index (χ0v) is 20.9. The Morgan fingerprint density at radius 1 is 1.03 bits per heavy atom. The van der Waals surface area contributed by atoms with Crippen molar-refractivity contribution in [3.63, 3.8) is 0 Å². The molecule has 4 rings (SSSR count). The minimum Gasteiger partial charge on any atom is -0.292 e. The van der Waals surface area contributed by atoms with E-state index in [1.54, 1.807) is 24.3 Å². The molecular weight excluding hydrogens is 531 g/mol. The molecule has 0 spiro atoms. The molecule has 9 heteroatoms. The van der Waals surface area contributed by atoms with E-state index in [2.05, 4.69) is 15.9 Å². The lowest BCUT2D eigenvalue weighted by atomic mass is 9.76. The van der Waals surface area contributed by atoms with E-state index in [0.717, 1.165) is 20.9 Å². The zero-order chi connectivity index (χ0) is 23.9. The van der Waals surface area contributed by atoms with E-state index in [1.807, 2.05) is 6.92 Å². The quantitative estimate of drug-likeness (QED) is 0.367. The molecule has 2 aliphatic rings. The number of carbonyl (C=O) groups is 4. The third-order valence-electron chi connectivity index (χ3n) is 6.26. The zero-order valence-electron chi connectivity index (χ0n) is 17.8. The average molecular weight is 552 g/mol. The maximum Gasteiger partial charge on any atom is 0.274 e. The first kappa shape index (κ1) is 23.9. The lowest BCUT2D eigenvalue weighted by molar-refractivity contribution is -0.154. The number of carbonyl (C=O) groups excluding carboxylic acids is 4. The van der Waals surface area contributed by atoms with Crippen molar-refractivity contribution in [2.24, 2.45) is 17.8 Å². The van der Waals surface area contributed by atoms with Crippen LogP contribution in [0.15, 0.2) is 46.9 Å². The number of hydrogen-bond acceptors (Lipinski definition) is 4. The van der Waals surface area contributed by atoms with E-state index in [9.17, 15) is 19.2 Å². The topological polar surface area (TPSA) is 74.8 Å². The van der Waals surface area contributed by atoms with Gasteiger partial charge in [-0.1, -0.05) is 58.2 Å². The second-order valence-electron chi connectivity index (χ2n) is 8.54. The highest BCUT2D eigenvalue weighted by atomic mass is 79.9. The number of Topliss-reactive ketones (excluding diaryl/α,β-unsaturated/α-hetero) is 1. The highest BCUT2D eigenvalue weighted by Crippen LogP contribution is 2.41. The van der Waals surface area contributed by atoms with Crippen LogP contribution in [0.25, 0.3) is 0 Å². The van der Waals surface area contributed by atoms with Gasteiger partial charge in [0.05, 0.1) is 22.4 Å². The van der Waals surface area contributed by atoms with E-state index in [1.165, 1.54) is 18.2 Å². The molecule has 3 atom stereocenters. The maximum atomic E-state index is 13.5. The van der Waals surface area contributed by atoms with Gasteiger partial charge >= 0.3 is 0 Å². The number of halogens is 3. The molecule has 6 nitrogen and oxygen atoms in total. The summed E-state index contributed by atoms with van der Waals surface area (Å²) in [6, 6.07) is 10.9. The normalized spacial score (nSPS) is 22.3. The summed E-state index contributed by atoms with van der Waals surface area (Å²) in [4.78, 5) is 53.2. The molecule has 1 aliphatic heterocycles. The fraction of sp³-hybridized carbons (Fsp3) is 0.333. The van der Waals surface area contributed by atoms with Crippen molar-refractivity contribution in [1.82, 2.24) is 10.0 Å². The van der Waals surface area contributed by atoms with Gasteiger partial charge in [-0.3, -0.25) is 19.2 Å². The van der Waals surface area contributed by atoms with Crippen molar-refractivity contribution in [3.8, 4) is 0 Å². The Morgan fingerprint density at radius 3 is 2.36 bits per heavy atom. The molecule has 2 fully saturated rings. The molecular formula is C24H21BrCl2N2O4. The monoisotopic (exact) mass is 550 g/mol. The Morgan fingerprint density at radius 2 is 1.70 bits per heavy atom. The highest BCUT2D eigenvalue weighted by molar-refractivity contribution is 9.10. The Kier molecular flexibility index (Phi) is 6.93. The Bertz CT molecular complexity index is 1140. The first-order valence-corrected chi connectivity index (χ1v) is 12.2. The summed E-state index contributed by atoms with van der Waals surface area (Å²) < 4.78 is 0.794. The molecule has 2 aromatic carbocycles. The third kappa shape index (κ3) is 4.72. The summed E-state index contributed by atoms with van der Waals surface area (Å²) in [5.74, 6) is -2.67. The standard InChI is InChI=1S/C24H21BrCl2N2O4/c1-13-2-8-17-19(10-13)24(33)29(23(17)32)28(12-21(30)14-3-5-15(25)6-4-14)22(31)18-9-7-16(26)11-20(18)27/h3-7,9,11,13,17,19H,2,8,10,12H2,1H3/t13-,17-,19-/m1/s1. The van der Waals surface area contributed by atoms with Gasteiger partial charge in [0.1, 0.15) is 6.54 Å². The first-order chi connectivity index (χ1) is 15.7. The second kappa shape index (κ2) is 9.57. The van der Waals surface area contributed by atoms with Crippen molar-refractivity contribution in [2.75, 3.05) is 6.54 Å². The Labute approximate surface area is 209 Å². The van der Waals surface area contributed by atoms with Crippen LogP contribution in [-0.2, 0) is 9.59 Å². The molecule has 172 valence electrons. The van der Waals surface area contributed by atoms with Crippen molar-refractivity contribution < 1.29 is 19.2 Å². The van der Waals surface area contributed by atoms with Gasteiger partial charge in [-0.2, -0.15) is 5.01 Å². The van der Waals surface area contributed by atoms with Crippen LogP contribution in [0.5, 0.6) is 0 Å². The molecule has 3 amide bonds. The molecule has 0 bridgehead atoms. The number of hydrogen-bond donors (Lipinski definition) is 0. The Hall–Kier alpha value is -2.22. The molecule has 0 radical (unpaired) electrons. The van der Waals surface area contributed by atoms with Gasteiger partial charge in [-0.05, 0) is 55.5 Å². The number of fused-ring (bicyclic) bond motifs is 1. The number of benzene rings is 2. The van der Waals surface area contributed by atoms with E-state index in [0.29, 0.717) is 29.3 Å². The van der Waals surface area contributed by atoms with Gasteiger partial charge < -0.3 is 0 Å². The van der Waals surface area contributed by atoms with Crippen LogP contribution < -0.4 is 0 Å². The van der Waals surface area contributed by atoms with E-state index in [4.69, 9.17) is 23.2 Å². The van der Waals surface area contributed by atoms with Crippen LogP contribution in [0.2, 0.25) is 10.0 Å². The van der Waals surface area contributed by atoms with Crippen molar-refractivity contribution in [1.29, 1.82) is 0 Å². The molecule has 1 aliphatic carbocycles. The lowest BCUT2D eigenvalue weighted by Gasteiger charge is -2.30.